The molecule has 0 saturated heterocycles. The van der Waals surface area contributed by atoms with Crippen LogP contribution in [0.2, 0.25) is 0 Å². The predicted molar refractivity (Wildman–Crippen MR) is 89.5 cm³/mol. The largest absolute Gasteiger partial charge is 0.0808 e. The molecule has 0 heterocycles. The SMILES string of the molecule is CCC1C2=C(C=CC1C)CCC21CCc2cccc(C)c21. The van der Waals surface area contributed by atoms with Crippen LogP contribution in [0.5, 0.6) is 0 Å². The molecule has 0 nitrogen and oxygen atoms in total. The minimum atomic E-state index is 0.385. The van der Waals surface area contributed by atoms with Gasteiger partial charge >= 0.3 is 0 Å². The van der Waals surface area contributed by atoms with Crippen molar-refractivity contribution in [1.29, 1.82) is 0 Å². The van der Waals surface area contributed by atoms with Crippen molar-refractivity contribution in [3.8, 4) is 0 Å². The second-order valence-corrected chi connectivity index (χ2v) is 7.36. The van der Waals surface area contributed by atoms with Gasteiger partial charge in [-0.05, 0) is 73.1 Å². The van der Waals surface area contributed by atoms with E-state index in [0.717, 1.165) is 5.92 Å². The molecule has 4 rings (SSSR count). The quantitative estimate of drug-likeness (QED) is 0.636. The van der Waals surface area contributed by atoms with E-state index >= 15 is 0 Å². The van der Waals surface area contributed by atoms with Crippen LogP contribution in [0.15, 0.2) is 41.5 Å². The van der Waals surface area contributed by atoms with Crippen molar-refractivity contribution in [2.24, 2.45) is 11.8 Å². The van der Waals surface area contributed by atoms with Gasteiger partial charge in [0.15, 0.2) is 0 Å². The van der Waals surface area contributed by atoms with E-state index in [1.54, 1.807) is 16.7 Å². The first-order chi connectivity index (χ1) is 10.2. The van der Waals surface area contributed by atoms with Gasteiger partial charge in [0.2, 0.25) is 0 Å². The van der Waals surface area contributed by atoms with E-state index in [-0.39, 0.29) is 0 Å². The van der Waals surface area contributed by atoms with Crippen molar-refractivity contribution < 1.29 is 0 Å². The molecule has 0 N–H and O–H groups in total. The third-order valence-corrected chi connectivity index (χ3v) is 6.39. The summed E-state index contributed by atoms with van der Waals surface area (Å²) in [6, 6.07) is 6.95. The Hall–Kier alpha value is -1.30. The van der Waals surface area contributed by atoms with Gasteiger partial charge in [0.05, 0.1) is 0 Å². The maximum atomic E-state index is 2.46. The van der Waals surface area contributed by atoms with E-state index in [1.807, 2.05) is 5.57 Å². The normalized spacial score (nSPS) is 33.7. The van der Waals surface area contributed by atoms with Crippen LogP contribution in [0, 0.1) is 18.8 Å². The van der Waals surface area contributed by atoms with Gasteiger partial charge < -0.3 is 0 Å². The van der Waals surface area contributed by atoms with Crippen molar-refractivity contribution in [2.75, 3.05) is 0 Å². The van der Waals surface area contributed by atoms with Crippen LogP contribution < -0.4 is 0 Å². The van der Waals surface area contributed by atoms with E-state index in [4.69, 9.17) is 0 Å². The summed E-state index contributed by atoms with van der Waals surface area (Å²) in [7, 11) is 0. The predicted octanol–water partition coefficient (Wildman–Crippen LogP) is 5.50. The number of fused-ring (bicyclic) bond motifs is 3. The number of allylic oxidation sites excluding steroid dienone is 4. The minimum absolute atomic E-state index is 0.385. The second-order valence-electron chi connectivity index (χ2n) is 7.36. The van der Waals surface area contributed by atoms with Gasteiger partial charge in [0.1, 0.15) is 0 Å². The molecule has 0 aliphatic heterocycles. The van der Waals surface area contributed by atoms with Crippen molar-refractivity contribution in [3.63, 3.8) is 0 Å². The Labute approximate surface area is 129 Å². The second kappa shape index (κ2) is 4.60. The molecule has 110 valence electrons. The van der Waals surface area contributed by atoms with Crippen LogP contribution in [0.3, 0.4) is 0 Å². The number of hydrogen-bond donors (Lipinski definition) is 0. The number of benzene rings is 1. The van der Waals surface area contributed by atoms with Crippen LogP contribution >= 0.6 is 0 Å². The summed E-state index contributed by atoms with van der Waals surface area (Å²) in [6.07, 6.45) is 11.5. The molecule has 0 radical (unpaired) electrons. The highest BCUT2D eigenvalue weighted by atomic mass is 14.5. The standard InChI is InChI=1S/C21H26/c1-4-18-14(2)8-9-17-11-13-21(20(17)18)12-10-16-7-5-6-15(3)19(16)21/h5-9,14,18H,4,10-13H2,1-3H3. The highest BCUT2D eigenvalue weighted by Crippen LogP contribution is 2.59. The van der Waals surface area contributed by atoms with E-state index < -0.39 is 0 Å². The molecular formula is C21H26. The van der Waals surface area contributed by atoms with E-state index in [2.05, 4.69) is 51.1 Å². The summed E-state index contributed by atoms with van der Waals surface area (Å²) >= 11 is 0. The monoisotopic (exact) mass is 278 g/mol. The van der Waals surface area contributed by atoms with E-state index in [9.17, 15) is 0 Å². The maximum absolute atomic E-state index is 2.46. The van der Waals surface area contributed by atoms with Crippen LogP contribution in [-0.4, -0.2) is 0 Å². The third-order valence-electron chi connectivity index (χ3n) is 6.39. The average Bonchev–Trinajstić information content (AvgIpc) is 3.04. The van der Waals surface area contributed by atoms with Gasteiger partial charge in [0.25, 0.3) is 0 Å². The average molecular weight is 278 g/mol. The molecule has 3 unspecified atom stereocenters. The van der Waals surface area contributed by atoms with Gasteiger partial charge in [-0.1, -0.05) is 49.8 Å². The third kappa shape index (κ3) is 1.68. The number of rotatable bonds is 1. The van der Waals surface area contributed by atoms with Crippen LogP contribution in [0.4, 0.5) is 0 Å². The van der Waals surface area contributed by atoms with Crippen molar-refractivity contribution >= 4 is 0 Å². The van der Waals surface area contributed by atoms with Gasteiger partial charge in [-0.3, -0.25) is 0 Å². The lowest BCUT2D eigenvalue weighted by Crippen LogP contribution is -2.31. The Morgan fingerprint density at radius 2 is 2.00 bits per heavy atom. The Morgan fingerprint density at radius 3 is 2.81 bits per heavy atom. The van der Waals surface area contributed by atoms with Gasteiger partial charge in [-0.2, -0.15) is 0 Å². The maximum Gasteiger partial charge on any atom is 0.0182 e. The number of aryl methyl sites for hydroxylation is 2. The Kier molecular flexibility index (Phi) is 2.93. The fraction of sp³-hybridized carbons (Fsp3) is 0.524. The zero-order valence-electron chi connectivity index (χ0n) is 13.6. The summed E-state index contributed by atoms with van der Waals surface area (Å²) in [5, 5.41) is 0. The first-order valence-corrected chi connectivity index (χ1v) is 8.68. The molecule has 0 bridgehead atoms. The molecular weight excluding hydrogens is 252 g/mol. The van der Waals surface area contributed by atoms with Crippen molar-refractivity contribution in [1.82, 2.24) is 0 Å². The van der Waals surface area contributed by atoms with E-state index in [1.165, 1.54) is 37.7 Å². The van der Waals surface area contributed by atoms with Crippen LogP contribution in [0.1, 0.15) is 56.2 Å². The molecule has 3 atom stereocenters. The van der Waals surface area contributed by atoms with Crippen LogP contribution in [-0.2, 0) is 11.8 Å². The molecule has 0 heteroatoms. The fourth-order valence-electron chi connectivity index (χ4n) is 5.55. The summed E-state index contributed by atoms with van der Waals surface area (Å²) in [6.45, 7) is 7.12. The molecule has 1 aromatic carbocycles. The zero-order chi connectivity index (χ0) is 14.6. The van der Waals surface area contributed by atoms with Crippen LogP contribution in [0.25, 0.3) is 0 Å². The highest BCUT2D eigenvalue weighted by Gasteiger charge is 2.49. The molecule has 0 aromatic heterocycles. The molecule has 3 aliphatic carbocycles. The van der Waals surface area contributed by atoms with Gasteiger partial charge in [-0.25, -0.2) is 0 Å². The highest BCUT2D eigenvalue weighted by molar-refractivity contribution is 5.57. The minimum Gasteiger partial charge on any atom is -0.0808 e. The molecule has 21 heavy (non-hydrogen) atoms. The molecule has 0 amide bonds. The zero-order valence-corrected chi connectivity index (χ0v) is 13.6. The Bertz CT molecular complexity index is 646. The van der Waals surface area contributed by atoms with Gasteiger partial charge in [0, 0.05) is 5.41 Å². The molecule has 0 fully saturated rings. The lowest BCUT2D eigenvalue weighted by molar-refractivity contribution is 0.376. The lowest BCUT2D eigenvalue weighted by atomic mass is 9.65. The lowest BCUT2D eigenvalue weighted by Gasteiger charge is -2.38. The van der Waals surface area contributed by atoms with Crippen molar-refractivity contribution in [3.05, 3.63) is 58.2 Å². The first kappa shape index (κ1) is 13.4. The van der Waals surface area contributed by atoms with Gasteiger partial charge in [-0.15, -0.1) is 0 Å². The van der Waals surface area contributed by atoms with E-state index in [0.29, 0.717) is 11.3 Å². The Morgan fingerprint density at radius 1 is 1.19 bits per heavy atom. The number of hydrogen-bond acceptors (Lipinski definition) is 0. The summed E-state index contributed by atoms with van der Waals surface area (Å²) in [4.78, 5) is 0. The molecule has 0 saturated carbocycles. The summed E-state index contributed by atoms with van der Waals surface area (Å²) in [5.41, 5.74) is 8.74. The van der Waals surface area contributed by atoms with Crippen molar-refractivity contribution in [2.45, 2.75) is 58.3 Å². The fourth-order valence-corrected chi connectivity index (χ4v) is 5.55. The summed E-state index contributed by atoms with van der Waals surface area (Å²) < 4.78 is 0. The smallest absolute Gasteiger partial charge is 0.0182 e. The Balaban J connectivity index is 1.92. The molecule has 1 aromatic rings. The summed E-state index contributed by atoms with van der Waals surface area (Å²) in [5.74, 6) is 1.47. The molecule has 3 aliphatic rings. The topological polar surface area (TPSA) is 0 Å². The molecule has 1 spiro atoms. The first-order valence-electron chi connectivity index (χ1n) is 8.68.